The van der Waals surface area contributed by atoms with Gasteiger partial charge < -0.3 is 5.11 Å². The van der Waals surface area contributed by atoms with Crippen LogP contribution < -0.4 is 0 Å². The topological polar surface area (TPSA) is 50.2 Å². The van der Waals surface area contributed by atoms with Gasteiger partial charge in [0.25, 0.3) is 0 Å². The predicted molar refractivity (Wildman–Crippen MR) is 102 cm³/mol. The molecule has 0 amide bonds. The average Bonchev–Trinajstić information content (AvgIpc) is 2.57. The van der Waals surface area contributed by atoms with E-state index in [0.29, 0.717) is 16.6 Å². The predicted octanol–water partition coefficient (Wildman–Crippen LogP) is 5.63. The summed E-state index contributed by atoms with van der Waals surface area (Å²) in [6.45, 7) is 6.88. The molecule has 0 aliphatic carbocycles. The van der Waals surface area contributed by atoms with Crippen LogP contribution in [-0.4, -0.2) is 15.9 Å². The van der Waals surface area contributed by atoms with Crippen molar-refractivity contribution in [1.82, 2.24) is 4.98 Å². The minimum absolute atomic E-state index is 0. The molecular formula is C22H20F2IrNO2-. The third-order valence-corrected chi connectivity index (χ3v) is 3.85. The van der Waals surface area contributed by atoms with Crippen molar-refractivity contribution < 1.29 is 38.8 Å². The van der Waals surface area contributed by atoms with E-state index in [1.54, 1.807) is 12.1 Å². The molecule has 3 nitrogen and oxygen atoms in total. The molecule has 0 saturated heterocycles. The summed E-state index contributed by atoms with van der Waals surface area (Å²) in [5.41, 5.74) is 4.29. The molecular weight excluding hydrogens is 540 g/mol. The average molecular weight is 561 g/mol. The number of nitrogens with zero attached hydrogens (tertiary/aromatic N) is 1. The Labute approximate surface area is 176 Å². The van der Waals surface area contributed by atoms with Crippen molar-refractivity contribution in [2.75, 3.05) is 0 Å². The van der Waals surface area contributed by atoms with E-state index in [9.17, 15) is 13.6 Å². The van der Waals surface area contributed by atoms with Crippen LogP contribution in [0.2, 0.25) is 0 Å². The summed E-state index contributed by atoms with van der Waals surface area (Å²) in [6.07, 6.45) is 1.17. The second kappa shape index (κ2) is 10.2. The van der Waals surface area contributed by atoms with Crippen molar-refractivity contribution in [3.8, 4) is 11.3 Å². The van der Waals surface area contributed by atoms with Crippen LogP contribution in [0.15, 0.2) is 48.2 Å². The molecule has 149 valence electrons. The number of carbonyl (C=O) groups excluding carboxylic acids is 1. The van der Waals surface area contributed by atoms with E-state index < -0.39 is 11.6 Å². The standard InChI is InChI=1S/C17H12F2N.C5H8O2.Ir/c1-10-3-4-12(7-11(10)2)16-6-5-13-8-14(18)15(19)9-17(13)20-16;1-4(6)3-5(2)7;/h3,5-9H,1-2H3;3,6H,1-2H3;/q-1;;/b;4-3-;. The van der Waals surface area contributed by atoms with Crippen molar-refractivity contribution in [2.24, 2.45) is 0 Å². The van der Waals surface area contributed by atoms with Crippen LogP contribution in [0.5, 0.6) is 0 Å². The molecule has 1 heterocycles. The van der Waals surface area contributed by atoms with Gasteiger partial charge in [0.15, 0.2) is 17.4 Å². The SMILES string of the molecule is CC(=O)/C=C(/C)O.Cc1c[c-]c(-c2ccc3cc(F)c(F)cc3n2)cc1C.[Ir]. The monoisotopic (exact) mass is 561 g/mol. The van der Waals surface area contributed by atoms with Crippen LogP contribution in [0.1, 0.15) is 25.0 Å². The number of ketones is 1. The second-order valence-electron chi connectivity index (χ2n) is 6.26. The number of benzene rings is 2. The summed E-state index contributed by atoms with van der Waals surface area (Å²) in [4.78, 5) is 14.4. The number of aliphatic hydroxyl groups excluding tert-OH is 1. The maximum absolute atomic E-state index is 13.3. The molecule has 0 bridgehead atoms. The second-order valence-corrected chi connectivity index (χ2v) is 6.26. The number of hydrogen-bond acceptors (Lipinski definition) is 3. The zero-order valence-electron chi connectivity index (χ0n) is 15.9. The van der Waals surface area contributed by atoms with Crippen LogP contribution >= 0.6 is 0 Å². The molecule has 2 aromatic carbocycles. The minimum Gasteiger partial charge on any atom is -0.512 e. The third-order valence-electron chi connectivity index (χ3n) is 3.85. The molecule has 0 atom stereocenters. The van der Waals surface area contributed by atoms with Gasteiger partial charge >= 0.3 is 0 Å². The Morgan fingerprint density at radius 2 is 1.71 bits per heavy atom. The molecule has 3 aromatic rings. The third kappa shape index (κ3) is 6.32. The van der Waals surface area contributed by atoms with Gasteiger partial charge in [0.2, 0.25) is 0 Å². The fraction of sp³-hybridized carbons (Fsp3) is 0.182. The number of carbonyl (C=O) groups is 1. The van der Waals surface area contributed by atoms with E-state index in [1.165, 1.54) is 19.9 Å². The number of aliphatic hydroxyl groups is 1. The molecule has 3 rings (SSSR count). The Hall–Kier alpha value is -2.43. The van der Waals surface area contributed by atoms with Gasteiger partial charge in [-0.1, -0.05) is 26.0 Å². The zero-order valence-corrected chi connectivity index (χ0v) is 18.3. The normalized spacial score (nSPS) is 10.7. The summed E-state index contributed by atoms with van der Waals surface area (Å²) in [5, 5.41) is 8.94. The number of hydrogen-bond donors (Lipinski definition) is 1. The van der Waals surface area contributed by atoms with Gasteiger partial charge in [0.1, 0.15) is 0 Å². The van der Waals surface area contributed by atoms with E-state index in [1.807, 2.05) is 26.0 Å². The molecule has 1 aromatic heterocycles. The van der Waals surface area contributed by atoms with Gasteiger partial charge in [-0.3, -0.25) is 9.78 Å². The van der Waals surface area contributed by atoms with Crippen molar-refractivity contribution in [2.45, 2.75) is 27.7 Å². The molecule has 0 spiro atoms. The van der Waals surface area contributed by atoms with E-state index in [-0.39, 0.29) is 31.6 Å². The first-order valence-electron chi connectivity index (χ1n) is 8.30. The maximum Gasteiger partial charge on any atom is 0.160 e. The van der Waals surface area contributed by atoms with Crippen molar-refractivity contribution in [3.63, 3.8) is 0 Å². The Morgan fingerprint density at radius 3 is 2.25 bits per heavy atom. The Balaban J connectivity index is 0.000000425. The molecule has 1 radical (unpaired) electrons. The van der Waals surface area contributed by atoms with Crippen LogP contribution in [0.4, 0.5) is 8.78 Å². The first-order chi connectivity index (χ1) is 12.7. The van der Waals surface area contributed by atoms with Crippen LogP contribution in [0.25, 0.3) is 22.2 Å². The quantitative estimate of drug-likeness (QED) is 0.251. The van der Waals surface area contributed by atoms with Gasteiger partial charge in [0.05, 0.1) is 11.3 Å². The first-order valence-corrected chi connectivity index (χ1v) is 8.30. The molecule has 1 N–H and O–H groups in total. The van der Waals surface area contributed by atoms with Gasteiger partial charge in [-0.25, -0.2) is 8.78 Å². The Kier molecular flexibility index (Phi) is 8.61. The number of aryl methyl sites for hydroxylation is 2. The first kappa shape index (κ1) is 23.6. The Morgan fingerprint density at radius 1 is 1.07 bits per heavy atom. The molecule has 0 aliphatic rings. The van der Waals surface area contributed by atoms with E-state index in [2.05, 4.69) is 11.1 Å². The van der Waals surface area contributed by atoms with Crippen molar-refractivity contribution in [1.29, 1.82) is 0 Å². The van der Waals surface area contributed by atoms with E-state index in [0.717, 1.165) is 28.8 Å². The molecule has 0 unspecified atom stereocenters. The number of pyridine rings is 1. The summed E-state index contributed by atoms with van der Waals surface area (Å²) in [7, 11) is 0. The van der Waals surface area contributed by atoms with Gasteiger partial charge in [0, 0.05) is 37.6 Å². The van der Waals surface area contributed by atoms with Crippen LogP contribution in [-0.2, 0) is 24.9 Å². The van der Waals surface area contributed by atoms with E-state index in [4.69, 9.17) is 5.11 Å². The molecule has 0 aliphatic heterocycles. The fourth-order valence-corrected chi connectivity index (χ4v) is 2.38. The molecule has 28 heavy (non-hydrogen) atoms. The number of rotatable bonds is 2. The smallest absolute Gasteiger partial charge is 0.160 e. The summed E-state index contributed by atoms with van der Waals surface area (Å²) in [5.74, 6) is -1.80. The van der Waals surface area contributed by atoms with Gasteiger partial charge in [-0.05, 0) is 25.6 Å². The van der Waals surface area contributed by atoms with Crippen molar-refractivity contribution >= 4 is 16.7 Å². The zero-order chi connectivity index (χ0) is 20.1. The number of allylic oxidation sites excluding steroid dienone is 2. The molecule has 0 fully saturated rings. The maximum atomic E-state index is 13.3. The van der Waals surface area contributed by atoms with Gasteiger partial charge in [-0.2, -0.15) is 0 Å². The van der Waals surface area contributed by atoms with Crippen LogP contribution in [0.3, 0.4) is 0 Å². The number of halogens is 2. The minimum atomic E-state index is -0.883. The fourth-order valence-electron chi connectivity index (χ4n) is 2.38. The molecule has 6 heteroatoms. The summed E-state index contributed by atoms with van der Waals surface area (Å²) < 4.78 is 26.4. The number of aromatic nitrogens is 1. The largest absolute Gasteiger partial charge is 0.512 e. The Bertz CT molecular complexity index is 1030. The summed E-state index contributed by atoms with van der Waals surface area (Å²) in [6, 6.07) is 12.9. The molecule has 0 saturated carbocycles. The van der Waals surface area contributed by atoms with Crippen LogP contribution in [0, 0.1) is 31.5 Å². The van der Waals surface area contributed by atoms with Crippen molar-refractivity contribution in [3.05, 3.63) is 77.1 Å². The number of fused-ring (bicyclic) bond motifs is 1. The van der Waals surface area contributed by atoms with Gasteiger partial charge in [-0.15, -0.1) is 34.9 Å². The summed E-state index contributed by atoms with van der Waals surface area (Å²) >= 11 is 0. The van der Waals surface area contributed by atoms with E-state index >= 15 is 0 Å².